The van der Waals surface area contributed by atoms with E-state index in [1.165, 1.54) is 29.4 Å². The van der Waals surface area contributed by atoms with E-state index in [1.54, 1.807) is 0 Å². The molecule has 0 aliphatic carbocycles. The Morgan fingerprint density at radius 2 is 1.83 bits per heavy atom. The van der Waals surface area contributed by atoms with E-state index in [0.29, 0.717) is 11.6 Å². The number of carbonyl (C=O) groups excluding carboxylic acids is 1. The van der Waals surface area contributed by atoms with Gasteiger partial charge >= 0.3 is 0 Å². The van der Waals surface area contributed by atoms with Gasteiger partial charge in [-0.3, -0.25) is 9.69 Å². The lowest BCUT2D eigenvalue weighted by Crippen LogP contribution is -2.56. The highest BCUT2D eigenvalue weighted by Gasteiger charge is 2.30. The van der Waals surface area contributed by atoms with Gasteiger partial charge in [0.1, 0.15) is 5.82 Å². The molecule has 2 aromatic rings. The average molecular weight is 416 g/mol. The van der Waals surface area contributed by atoms with Gasteiger partial charge in [-0.1, -0.05) is 29.8 Å². The number of halogens is 2. The third kappa shape index (κ3) is 4.41. The Balaban J connectivity index is 1.37. The zero-order valence-corrected chi connectivity index (χ0v) is 17.5. The zero-order chi connectivity index (χ0) is 20.4. The molecule has 4 rings (SSSR count). The molecule has 1 atom stereocenters. The summed E-state index contributed by atoms with van der Waals surface area (Å²) in [5, 5.41) is -0.00302. The molecule has 2 fully saturated rings. The summed E-state index contributed by atoms with van der Waals surface area (Å²) < 4.78 is 13.4. The minimum absolute atomic E-state index is 0.00302. The first kappa shape index (κ1) is 20.2. The molecule has 1 amide bonds. The van der Waals surface area contributed by atoms with Crippen molar-refractivity contribution in [1.82, 2.24) is 9.80 Å². The lowest BCUT2D eigenvalue weighted by molar-refractivity contribution is 0.0563. The molecule has 2 aromatic carbocycles. The lowest BCUT2D eigenvalue weighted by Gasteiger charge is -2.44. The van der Waals surface area contributed by atoms with Crippen LogP contribution in [0.15, 0.2) is 42.5 Å². The molecule has 0 radical (unpaired) electrons. The molecule has 6 heteroatoms. The number of carbonyl (C=O) groups is 1. The Hall–Kier alpha value is -2.11. The molecule has 0 aromatic heterocycles. The van der Waals surface area contributed by atoms with Crippen molar-refractivity contribution in [2.75, 3.05) is 44.2 Å². The van der Waals surface area contributed by atoms with Crippen molar-refractivity contribution in [1.29, 1.82) is 0 Å². The van der Waals surface area contributed by atoms with E-state index >= 15 is 0 Å². The highest BCUT2D eigenvalue weighted by atomic mass is 35.5. The largest absolute Gasteiger partial charge is 0.369 e. The summed E-state index contributed by atoms with van der Waals surface area (Å²) in [6.07, 6.45) is 2.10. The van der Waals surface area contributed by atoms with Crippen LogP contribution in [0, 0.1) is 12.7 Å². The Labute approximate surface area is 176 Å². The Morgan fingerprint density at radius 3 is 2.55 bits per heavy atom. The molecular weight excluding hydrogens is 389 g/mol. The van der Waals surface area contributed by atoms with Gasteiger partial charge in [0.2, 0.25) is 0 Å². The van der Waals surface area contributed by atoms with Crippen LogP contribution in [0.3, 0.4) is 0 Å². The summed E-state index contributed by atoms with van der Waals surface area (Å²) in [6.45, 7) is 7.64. The normalized spacial score (nSPS) is 20.7. The molecule has 0 N–H and O–H groups in total. The summed E-state index contributed by atoms with van der Waals surface area (Å²) in [4.78, 5) is 19.8. The maximum atomic E-state index is 13.4. The highest BCUT2D eigenvalue weighted by Crippen LogP contribution is 2.24. The van der Waals surface area contributed by atoms with Gasteiger partial charge in [-0.25, -0.2) is 4.39 Å². The SMILES string of the molecule is Cc1ccccc1N1CCN([C@H]2CCCN(C(=O)c3ccc(F)c(Cl)c3)C2)CC1. The Bertz CT molecular complexity index is 882. The predicted octanol–water partition coefficient (Wildman–Crippen LogP) is 4.21. The number of hydrogen-bond acceptors (Lipinski definition) is 3. The second-order valence-corrected chi connectivity index (χ2v) is 8.39. The van der Waals surface area contributed by atoms with Gasteiger partial charge in [-0.15, -0.1) is 0 Å². The Morgan fingerprint density at radius 1 is 1.07 bits per heavy atom. The molecule has 2 aliphatic heterocycles. The van der Waals surface area contributed by atoms with Gasteiger partial charge in [0.05, 0.1) is 5.02 Å². The van der Waals surface area contributed by atoms with E-state index in [4.69, 9.17) is 11.6 Å². The fourth-order valence-corrected chi connectivity index (χ4v) is 4.68. The number of aryl methyl sites for hydroxylation is 1. The number of anilines is 1. The minimum atomic E-state index is -0.494. The zero-order valence-electron chi connectivity index (χ0n) is 16.8. The molecule has 0 spiro atoms. The topological polar surface area (TPSA) is 26.8 Å². The number of benzene rings is 2. The van der Waals surface area contributed by atoms with Crippen molar-refractivity contribution in [3.63, 3.8) is 0 Å². The lowest BCUT2D eigenvalue weighted by atomic mass is 10.0. The molecule has 2 aliphatic rings. The molecule has 2 saturated heterocycles. The molecule has 4 nitrogen and oxygen atoms in total. The van der Waals surface area contributed by atoms with Crippen molar-refractivity contribution < 1.29 is 9.18 Å². The van der Waals surface area contributed by atoms with Crippen LogP contribution >= 0.6 is 11.6 Å². The molecule has 0 unspecified atom stereocenters. The van der Waals surface area contributed by atoms with Crippen LogP contribution in [-0.4, -0.2) is 61.0 Å². The fraction of sp³-hybridized carbons (Fsp3) is 0.435. The Kier molecular flexibility index (Phi) is 6.07. The molecule has 0 bridgehead atoms. The summed E-state index contributed by atoms with van der Waals surface area (Å²) >= 11 is 5.86. The molecule has 2 heterocycles. The molecular formula is C23H27ClFN3O. The van der Waals surface area contributed by atoms with Crippen molar-refractivity contribution in [3.05, 3.63) is 64.4 Å². The standard InChI is InChI=1S/C23H27ClFN3O/c1-17-5-2-3-7-22(17)27-13-11-26(12-14-27)19-6-4-10-28(16-19)23(29)18-8-9-21(25)20(24)15-18/h2-3,5,7-9,15,19H,4,6,10-14,16H2,1H3/t19-/m0/s1. The summed E-state index contributed by atoms with van der Waals surface area (Å²) in [6, 6.07) is 13.1. The van der Waals surface area contributed by atoms with Crippen LogP contribution < -0.4 is 4.90 Å². The fourth-order valence-electron chi connectivity index (χ4n) is 4.50. The first-order valence-electron chi connectivity index (χ1n) is 10.3. The first-order chi connectivity index (χ1) is 14.0. The minimum Gasteiger partial charge on any atom is -0.369 e. The maximum absolute atomic E-state index is 13.4. The van der Waals surface area contributed by atoms with Crippen molar-refractivity contribution in [3.8, 4) is 0 Å². The molecule has 29 heavy (non-hydrogen) atoms. The summed E-state index contributed by atoms with van der Waals surface area (Å²) in [7, 11) is 0. The summed E-state index contributed by atoms with van der Waals surface area (Å²) in [5.41, 5.74) is 3.09. The van der Waals surface area contributed by atoms with Crippen LogP contribution in [-0.2, 0) is 0 Å². The summed E-state index contributed by atoms with van der Waals surface area (Å²) in [5.74, 6) is -0.554. The number of likely N-dealkylation sites (tertiary alicyclic amines) is 1. The van der Waals surface area contributed by atoms with Gasteiger partial charge < -0.3 is 9.80 Å². The van der Waals surface area contributed by atoms with Crippen LogP contribution in [0.25, 0.3) is 0 Å². The van der Waals surface area contributed by atoms with E-state index in [-0.39, 0.29) is 10.9 Å². The number of amides is 1. The van der Waals surface area contributed by atoms with Gasteiger partial charge in [0.15, 0.2) is 0 Å². The number of para-hydroxylation sites is 1. The van der Waals surface area contributed by atoms with Crippen LogP contribution in [0.5, 0.6) is 0 Å². The first-order valence-corrected chi connectivity index (χ1v) is 10.7. The molecule has 0 saturated carbocycles. The van der Waals surface area contributed by atoms with Crippen molar-refractivity contribution in [2.45, 2.75) is 25.8 Å². The van der Waals surface area contributed by atoms with Crippen LogP contribution in [0.2, 0.25) is 5.02 Å². The van der Waals surface area contributed by atoms with Crippen molar-refractivity contribution >= 4 is 23.2 Å². The van der Waals surface area contributed by atoms with Gasteiger partial charge in [0.25, 0.3) is 5.91 Å². The second kappa shape index (κ2) is 8.72. The number of piperazine rings is 1. The van der Waals surface area contributed by atoms with Gasteiger partial charge in [0, 0.05) is 56.6 Å². The van der Waals surface area contributed by atoms with E-state index < -0.39 is 5.82 Å². The number of nitrogens with zero attached hydrogens (tertiary/aromatic N) is 3. The number of hydrogen-bond donors (Lipinski definition) is 0. The highest BCUT2D eigenvalue weighted by molar-refractivity contribution is 6.31. The van der Waals surface area contributed by atoms with Crippen molar-refractivity contribution in [2.24, 2.45) is 0 Å². The second-order valence-electron chi connectivity index (χ2n) is 7.99. The third-order valence-corrected chi connectivity index (χ3v) is 6.43. The quantitative estimate of drug-likeness (QED) is 0.751. The smallest absolute Gasteiger partial charge is 0.253 e. The van der Waals surface area contributed by atoms with E-state index in [2.05, 4.69) is 41.0 Å². The number of rotatable bonds is 3. The van der Waals surface area contributed by atoms with Gasteiger partial charge in [-0.2, -0.15) is 0 Å². The van der Waals surface area contributed by atoms with E-state index in [0.717, 1.165) is 52.1 Å². The van der Waals surface area contributed by atoms with E-state index in [1.807, 2.05) is 4.90 Å². The molecule has 154 valence electrons. The monoisotopic (exact) mass is 415 g/mol. The average Bonchev–Trinajstić information content (AvgIpc) is 2.76. The van der Waals surface area contributed by atoms with E-state index in [9.17, 15) is 9.18 Å². The van der Waals surface area contributed by atoms with Gasteiger partial charge in [-0.05, 0) is 49.6 Å². The third-order valence-electron chi connectivity index (χ3n) is 6.14. The predicted molar refractivity (Wildman–Crippen MR) is 115 cm³/mol. The van der Waals surface area contributed by atoms with Crippen LogP contribution in [0.4, 0.5) is 10.1 Å². The van der Waals surface area contributed by atoms with Crippen LogP contribution in [0.1, 0.15) is 28.8 Å². The maximum Gasteiger partial charge on any atom is 0.253 e. The number of piperidine rings is 1.